The molecule has 3 aromatic rings. The second-order valence-corrected chi connectivity index (χ2v) is 6.28. The number of thiazole rings is 1. The molecule has 3 heterocycles. The van der Waals surface area contributed by atoms with E-state index in [1.807, 2.05) is 25.1 Å². The van der Waals surface area contributed by atoms with Crippen LogP contribution in [-0.2, 0) is 0 Å². The van der Waals surface area contributed by atoms with Crippen molar-refractivity contribution in [2.24, 2.45) is 0 Å². The van der Waals surface area contributed by atoms with Crippen LogP contribution >= 0.6 is 11.3 Å². The third kappa shape index (κ3) is 3.16. The lowest BCUT2D eigenvalue weighted by Crippen LogP contribution is -2.26. The van der Waals surface area contributed by atoms with Crippen molar-refractivity contribution in [1.82, 2.24) is 20.3 Å². The number of ether oxygens (including phenoxy) is 2. The van der Waals surface area contributed by atoms with E-state index in [2.05, 4.69) is 20.3 Å². The highest BCUT2D eigenvalue weighted by atomic mass is 32.1. The summed E-state index contributed by atoms with van der Waals surface area (Å²) in [6, 6.07) is 7.16. The summed E-state index contributed by atoms with van der Waals surface area (Å²) in [5, 5.41) is 5.25. The molecule has 0 fully saturated rings. The molecule has 0 bridgehead atoms. The van der Waals surface area contributed by atoms with Crippen LogP contribution in [-0.4, -0.2) is 27.7 Å². The van der Waals surface area contributed by atoms with Crippen LogP contribution in [0.3, 0.4) is 0 Å². The number of aromatic nitrogens is 3. The minimum Gasteiger partial charge on any atom is -0.454 e. The number of rotatable bonds is 4. The molecule has 0 saturated heterocycles. The summed E-state index contributed by atoms with van der Waals surface area (Å²) in [6.07, 6.45) is 3.29. The van der Waals surface area contributed by atoms with Gasteiger partial charge < -0.3 is 14.8 Å². The number of nitrogens with one attached hydrogen (secondary N) is 1. The summed E-state index contributed by atoms with van der Waals surface area (Å²) in [6.45, 7) is 2.13. The Hall–Kier alpha value is -3.00. The molecule has 1 amide bonds. The Bertz CT molecular complexity index is 913. The largest absolute Gasteiger partial charge is 0.454 e. The number of benzene rings is 1. The molecule has 7 nitrogen and oxygen atoms in total. The van der Waals surface area contributed by atoms with Crippen molar-refractivity contribution < 1.29 is 14.3 Å². The van der Waals surface area contributed by atoms with Crippen molar-refractivity contribution in [3.63, 3.8) is 0 Å². The lowest BCUT2D eigenvalue weighted by Gasteiger charge is -2.14. The molecule has 1 atom stereocenters. The summed E-state index contributed by atoms with van der Waals surface area (Å²) in [5.41, 5.74) is 1.28. The fourth-order valence-electron chi connectivity index (χ4n) is 2.43. The molecule has 4 rings (SSSR count). The van der Waals surface area contributed by atoms with E-state index < -0.39 is 0 Å². The van der Waals surface area contributed by atoms with Crippen molar-refractivity contribution in [2.45, 2.75) is 13.0 Å². The number of carbonyl (C=O) groups is 1. The Kier molecular flexibility index (Phi) is 4.02. The number of fused-ring (bicyclic) bond motifs is 1. The molecule has 1 unspecified atom stereocenters. The van der Waals surface area contributed by atoms with Gasteiger partial charge >= 0.3 is 0 Å². The van der Waals surface area contributed by atoms with Crippen LogP contribution in [0, 0.1) is 0 Å². The fourth-order valence-corrected chi connectivity index (χ4v) is 3.17. The zero-order valence-corrected chi connectivity index (χ0v) is 14.1. The second kappa shape index (κ2) is 6.48. The fraction of sp³-hybridized carbons (Fsp3) is 0.176. The van der Waals surface area contributed by atoms with Crippen LogP contribution in [0.5, 0.6) is 11.5 Å². The van der Waals surface area contributed by atoms with Gasteiger partial charge in [-0.1, -0.05) is 6.07 Å². The molecule has 0 spiro atoms. The molecular weight excluding hydrogens is 340 g/mol. The molecule has 0 saturated carbocycles. The first-order valence-corrected chi connectivity index (χ1v) is 8.52. The molecule has 0 aliphatic carbocycles. The summed E-state index contributed by atoms with van der Waals surface area (Å²) in [5.74, 6) is 1.67. The van der Waals surface area contributed by atoms with Crippen molar-refractivity contribution in [3.8, 4) is 22.3 Å². The number of hydrogen-bond donors (Lipinski definition) is 1. The maximum Gasteiger partial charge on any atom is 0.271 e. The third-order valence-corrected chi connectivity index (χ3v) is 4.58. The van der Waals surface area contributed by atoms with Gasteiger partial charge in [-0.2, -0.15) is 0 Å². The minimum atomic E-state index is -0.247. The quantitative estimate of drug-likeness (QED) is 0.775. The van der Waals surface area contributed by atoms with Gasteiger partial charge in [0.25, 0.3) is 5.91 Å². The van der Waals surface area contributed by atoms with E-state index in [4.69, 9.17) is 9.47 Å². The van der Waals surface area contributed by atoms with Gasteiger partial charge in [-0.05, 0) is 30.7 Å². The van der Waals surface area contributed by atoms with E-state index in [0.29, 0.717) is 28.0 Å². The maximum atomic E-state index is 12.4. The van der Waals surface area contributed by atoms with Crippen LogP contribution in [0.1, 0.15) is 29.0 Å². The zero-order chi connectivity index (χ0) is 17.2. The standard InChI is InChI=1S/C17H14N4O3S/c1-10(11-3-4-13-14(7-11)24-9-23-13)20-16(22)12-8-25-17(21-12)15-18-5-2-6-19-15/h2-8,10H,9H2,1H3,(H,20,22). The summed E-state index contributed by atoms with van der Waals surface area (Å²) in [4.78, 5) is 25.1. The van der Waals surface area contributed by atoms with E-state index in [9.17, 15) is 4.79 Å². The van der Waals surface area contributed by atoms with E-state index >= 15 is 0 Å². The van der Waals surface area contributed by atoms with Gasteiger partial charge in [-0.25, -0.2) is 15.0 Å². The Labute approximate surface area is 147 Å². The first kappa shape index (κ1) is 15.5. The Morgan fingerprint density at radius 2 is 2.04 bits per heavy atom. The topological polar surface area (TPSA) is 86.2 Å². The molecular formula is C17H14N4O3S. The van der Waals surface area contributed by atoms with E-state index in [1.165, 1.54) is 11.3 Å². The van der Waals surface area contributed by atoms with Gasteiger partial charge in [0.05, 0.1) is 6.04 Å². The molecule has 126 valence electrons. The smallest absolute Gasteiger partial charge is 0.271 e. The lowest BCUT2D eigenvalue weighted by molar-refractivity contribution is 0.0935. The van der Waals surface area contributed by atoms with Crippen molar-refractivity contribution in [1.29, 1.82) is 0 Å². The average molecular weight is 354 g/mol. The second-order valence-electron chi connectivity index (χ2n) is 5.42. The maximum absolute atomic E-state index is 12.4. The molecule has 2 aromatic heterocycles. The average Bonchev–Trinajstić information content (AvgIpc) is 3.31. The van der Waals surface area contributed by atoms with Crippen LogP contribution in [0.4, 0.5) is 0 Å². The van der Waals surface area contributed by atoms with Crippen LogP contribution < -0.4 is 14.8 Å². The Morgan fingerprint density at radius 3 is 2.88 bits per heavy atom. The Morgan fingerprint density at radius 1 is 1.24 bits per heavy atom. The third-order valence-electron chi connectivity index (χ3n) is 3.74. The predicted octanol–water partition coefficient (Wildman–Crippen LogP) is 2.82. The summed E-state index contributed by atoms with van der Waals surface area (Å²) in [7, 11) is 0. The van der Waals surface area contributed by atoms with Gasteiger partial charge in [-0.3, -0.25) is 4.79 Å². The molecule has 0 radical (unpaired) electrons. The summed E-state index contributed by atoms with van der Waals surface area (Å²) >= 11 is 1.34. The van der Waals surface area contributed by atoms with Crippen molar-refractivity contribution in [3.05, 3.63) is 53.3 Å². The molecule has 25 heavy (non-hydrogen) atoms. The molecule has 1 aliphatic heterocycles. The number of hydrogen-bond acceptors (Lipinski definition) is 7. The zero-order valence-electron chi connectivity index (χ0n) is 13.3. The van der Waals surface area contributed by atoms with Crippen LogP contribution in [0.15, 0.2) is 42.0 Å². The highest BCUT2D eigenvalue weighted by Crippen LogP contribution is 2.34. The molecule has 8 heteroatoms. The van der Waals surface area contributed by atoms with Crippen molar-refractivity contribution in [2.75, 3.05) is 6.79 Å². The van der Waals surface area contributed by atoms with Gasteiger partial charge in [0, 0.05) is 17.8 Å². The highest BCUT2D eigenvalue weighted by molar-refractivity contribution is 7.13. The van der Waals surface area contributed by atoms with Gasteiger partial charge in [-0.15, -0.1) is 11.3 Å². The van der Waals surface area contributed by atoms with E-state index in [1.54, 1.807) is 23.8 Å². The normalized spacial score (nSPS) is 13.5. The van der Waals surface area contributed by atoms with Gasteiger partial charge in [0.1, 0.15) is 5.69 Å². The molecule has 1 aromatic carbocycles. The summed E-state index contributed by atoms with van der Waals surface area (Å²) < 4.78 is 10.7. The van der Waals surface area contributed by atoms with E-state index in [0.717, 1.165) is 5.56 Å². The highest BCUT2D eigenvalue weighted by Gasteiger charge is 2.19. The van der Waals surface area contributed by atoms with Crippen molar-refractivity contribution >= 4 is 17.2 Å². The molecule has 1 aliphatic rings. The molecule has 1 N–H and O–H groups in total. The predicted molar refractivity (Wildman–Crippen MR) is 91.6 cm³/mol. The SMILES string of the molecule is CC(NC(=O)c1csc(-c2ncccn2)n1)c1ccc2c(c1)OCO2. The van der Waals surface area contributed by atoms with Gasteiger partial charge in [0.15, 0.2) is 22.3 Å². The van der Waals surface area contributed by atoms with Gasteiger partial charge in [0.2, 0.25) is 6.79 Å². The Balaban J connectivity index is 1.47. The first-order valence-electron chi connectivity index (χ1n) is 7.64. The first-order chi connectivity index (χ1) is 12.2. The van der Waals surface area contributed by atoms with E-state index in [-0.39, 0.29) is 18.7 Å². The number of amides is 1. The lowest BCUT2D eigenvalue weighted by atomic mass is 10.1. The van der Waals surface area contributed by atoms with Crippen LogP contribution in [0.2, 0.25) is 0 Å². The number of nitrogens with zero attached hydrogens (tertiary/aromatic N) is 3. The minimum absolute atomic E-state index is 0.194. The monoisotopic (exact) mass is 354 g/mol. The number of carbonyl (C=O) groups excluding carboxylic acids is 1. The van der Waals surface area contributed by atoms with Crippen LogP contribution in [0.25, 0.3) is 10.8 Å².